The predicted molar refractivity (Wildman–Crippen MR) is 76.2 cm³/mol. The maximum atomic E-state index is 13.8. The van der Waals surface area contributed by atoms with Gasteiger partial charge in [-0.05, 0) is 19.1 Å². The van der Waals surface area contributed by atoms with Crippen molar-refractivity contribution in [3.05, 3.63) is 48.6 Å². The molecule has 0 fully saturated rings. The summed E-state index contributed by atoms with van der Waals surface area (Å²) in [6.07, 6.45) is 5.40. The van der Waals surface area contributed by atoms with Crippen molar-refractivity contribution in [1.82, 2.24) is 19.1 Å². The molecule has 3 rings (SSSR count). The zero-order valence-electron chi connectivity index (χ0n) is 11.0. The molecule has 104 valence electrons. The number of rotatable bonds is 4. The Labute approximate surface area is 120 Å². The number of halogens is 2. The molecule has 0 amide bonds. The molecule has 6 heteroatoms. The average Bonchev–Trinajstić information content (AvgIpc) is 3.05. The van der Waals surface area contributed by atoms with Crippen LogP contribution >= 0.6 is 11.6 Å². The van der Waals surface area contributed by atoms with E-state index in [1.807, 2.05) is 21.4 Å². The van der Waals surface area contributed by atoms with E-state index in [0.717, 1.165) is 12.1 Å². The Bertz CT molecular complexity index is 720. The molecule has 2 aromatic heterocycles. The molecule has 1 aromatic carbocycles. The van der Waals surface area contributed by atoms with E-state index < -0.39 is 0 Å². The second-order valence-electron chi connectivity index (χ2n) is 4.75. The standard InChI is InChI=1S/C14H14ClFN4/c1-10(8-19-6-5-17-9-19)20-12-4-2-3-11(16)14(12)18-13(20)7-15/h2-6,9-10H,7-8H2,1H3. The summed E-state index contributed by atoms with van der Waals surface area (Å²) in [7, 11) is 0. The second kappa shape index (κ2) is 5.25. The normalized spacial score (nSPS) is 12.9. The van der Waals surface area contributed by atoms with Gasteiger partial charge in [0.1, 0.15) is 11.3 Å². The van der Waals surface area contributed by atoms with Crippen LogP contribution in [0.15, 0.2) is 36.9 Å². The highest BCUT2D eigenvalue weighted by Gasteiger charge is 2.17. The van der Waals surface area contributed by atoms with Crippen LogP contribution in [-0.4, -0.2) is 19.1 Å². The first kappa shape index (κ1) is 13.1. The summed E-state index contributed by atoms with van der Waals surface area (Å²) < 4.78 is 17.8. The molecule has 0 aliphatic rings. The molecule has 0 spiro atoms. The first-order valence-corrected chi connectivity index (χ1v) is 6.91. The first-order valence-electron chi connectivity index (χ1n) is 6.37. The maximum absolute atomic E-state index is 13.8. The van der Waals surface area contributed by atoms with E-state index in [4.69, 9.17) is 11.6 Å². The predicted octanol–water partition coefficient (Wildman–Crippen LogP) is 3.37. The van der Waals surface area contributed by atoms with Gasteiger partial charge >= 0.3 is 0 Å². The fraction of sp³-hybridized carbons (Fsp3) is 0.286. The molecule has 0 aliphatic heterocycles. The van der Waals surface area contributed by atoms with Crippen LogP contribution in [0.3, 0.4) is 0 Å². The van der Waals surface area contributed by atoms with Gasteiger partial charge in [-0.25, -0.2) is 14.4 Å². The highest BCUT2D eigenvalue weighted by atomic mass is 35.5. The van der Waals surface area contributed by atoms with Gasteiger partial charge in [0, 0.05) is 18.9 Å². The molecule has 1 unspecified atom stereocenters. The Balaban J connectivity index is 2.07. The van der Waals surface area contributed by atoms with Crippen molar-refractivity contribution in [2.45, 2.75) is 25.4 Å². The smallest absolute Gasteiger partial charge is 0.151 e. The Kier molecular flexibility index (Phi) is 3.44. The summed E-state index contributed by atoms with van der Waals surface area (Å²) >= 11 is 5.96. The highest BCUT2D eigenvalue weighted by Crippen LogP contribution is 2.25. The number of para-hydroxylation sites is 1. The van der Waals surface area contributed by atoms with Crippen molar-refractivity contribution in [3.63, 3.8) is 0 Å². The van der Waals surface area contributed by atoms with Gasteiger partial charge in [-0.1, -0.05) is 6.07 Å². The molecule has 0 aliphatic carbocycles. The minimum absolute atomic E-state index is 0.102. The second-order valence-corrected chi connectivity index (χ2v) is 5.01. The Morgan fingerprint density at radius 2 is 2.25 bits per heavy atom. The van der Waals surface area contributed by atoms with E-state index in [9.17, 15) is 4.39 Å². The Morgan fingerprint density at radius 3 is 2.95 bits per heavy atom. The van der Waals surface area contributed by atoms with Crippen molar-refractivity contribution in [2.24, 2.45) is 0 Å². The lowest BCUT2D eigenvalue weighted by atomic mass is 10.2. The van der Waals surface area contributed by atoms with E-state index in [2.05, 4.69) is 16.9 Å². The third-order valence-electron chi connectivity index (χ3n) is 3.34. The van der Waals surface area contributed by atoms with Gasteiger partial charge in [-0.15, -0.1) is 11.6 Å². The maximum Gasteiger partial charge on any atom is 0.151 e. The number of hydrogen-bond acceptors (Lipinski definition) is 2. The molecule has 2 heterocycles. The molecule has 4 nitrogen and oxygen atoms in total. The molecule has 3 aromatic rings. The monoisotopic (exact) mass is 292 g/mol. The summed E-state index contributed by atoms with van der Waals surface area (Å²) in [6, 6.07) is 5.08. The molecule has 0 saturated carbocycles. The number of aromatic nitrogens is 4. The third-order valence-corrected chi connectivity index (χ3v) is 3.58. The summed E-state index contributed by atoms with van der Waals surface area (Å²) in [5.74, 6) is 0.615. The van der Waals surface area contributed by atoms with E-state index in [0.29, 0.717) is 11.3 Å². The summed E-state index contributed by atoms with van der Waals surface area (Å²) in [6.45, 7) is 2.79. The van der Waals surface area contributed by atoms with Crippen LogP contribution in [-0.2, 0) is 12.4 Å². The van der Waals surface area contributed by atoms with Crippen LogP contribution in [0.25, 0.3) is 11.0 Å². The first-order chi connectivity index (χ1) is 9.70. The van der Waals surface area contributed by atoms with Crippen molar-refractivity contribution >= 4 is 22.6 Å². The fourth-order valence-corrected chi connectivity index (χ4v) is 2.69. The minimum Gasteiger partial charge on any atom is -0.335 e. The molecular formula is C14H14ClFN4. The lowest BCUT2D eigenvalue weighted by Gasteiger charge is -2.17. The molecule has 0 saturated heterocycles. The Morgan fingerprint density at radius 1 is 1.40 bits per heavy atom. The van der Waals surface area contributed by atoms with Gasteiger partial charge in [0.2, 0.25) is 0 Å². The van der Waals surface area contributed by atoms with E-state index in [-0.39, 0.29) is 17.7 Å². The van der Waals surface area contributed by atoms with Crippen LogP contribution in [0.5, 0.6) is 0 Å². The van der Waals surface area contributed by atoms with Crippen molar-refractivity contribution in [1.29, 1.82) is 0 Å². The topological polar surface area (TPSA) is 35.6 Å². The Hall–Kier alpha value is -1.88. The summed E-state index contributed by atoms with van der Waals surface area (Å²) in [5.41, 5.74) is 1.15. The number of imidazole rings is 2. The van der Waals surface area contributed by atoms with Crippen LogP contribution in [0.2, 0.25) is 0 Å². The van der Waals surface area contributed by atoms with Gasteiger partial charge in [0.15, 0.2) is 5.82 Å². The van der Waals surface area contributed by atoms with Crippen LogP contribution in [0, 0.1) is 5.82 Å². The minimum atomic E-state index is -0.317. The van der Waals surface area contributed by atoms with E-state index in [1.54, 1.807) is 18.6 Å². The fourth-order valence-electron chi connectivity index (χ4n) is 2.50. The van der Waals surface area contributed by atoms with Crippen molar-refractivity contribution < 1.29 is 4.39 Å². The number of fused-ring (bicyclic) bond motifs is 1. The van der Waals surface area contributed by atoms with Gasteiger partial charge in [-0.3, -0.25) is 0 Å². The van der Waals surface area contributed by atoms with Gasteiger partial charge in [0.25, 0.3) is 0 Å². The molecule has 20 heavy (non-hydrogen) atoms. The van der Waals surface area contributed by atoms with Crippen LogP contribution in [0.1, 0.15) is 18.8 Å². The SMILES string of the molecule is CC(Cn1ccnc1)n1c(CCl)nc2c(F)cccc21. The molecule has 0 radical (unpaired) electrons. The summed E-state index contributed by atoms with van der Waals surface area (Å²) in [4.78, 5) is 8.34. The zero-order valence-corrected chi connectivity index (χ0v) is 11.8. The van der Waals surface area contributed by atoms with Crippen LogP contribution < -0.4 is 0 Å². The number of nitrogens with zero attached hydrogens (tertiary/aromatic N) is 4. The number of hydrogen-bond donors (Lipinski definition) is 0. The molecule has 0 bridgehead atoms. The van der Waals surface area contributed by atoms with Crippen molar-refractivity contribution in [3.8, 4) is 0 Å². The number of alkyl halides is 1. The summed E-state index contributed by atoms with van der Waals surface area (Å²) in [5, 5.41) is 0. The third kappa shape index (κ3) is 2.18. The molecule has 1 atom stereocenters. The lowest BCUT2D eigenvalue weighted by Crippen LogP contribution is -2.14. The number of benzene rings is 1. The van der Waals surface area contributed by atoms with E-state index >= 15 is 0 Å². The van der Waals surface area contributed by atoms with Gasteiger partial charge in [0.05, 0.1) is 23.8 Å². The van der Waals surface area contributed by atoms with Gasteiger partial charge in [-0.2, -0.15) is 0 Å². The highest BCUT2D eigenvalue weighted by molar-refractivity contribution is 6.16. The quantitative estimate of drug-likeness (QED) is 0.691. The largest absolute Gasteiger partial charge is 0.335 e. The molecular weight excluding hydrogens is 279 g/mol. The van der Waals surface area contributed by atoms with Gasteiger partial charge < -0.3 is 9.13 Å². The average molecular weight is 293 g/mol. The van der Waals surface area contributed by atoms with Crippen LogP contribution in [0.4, 0.5) is 4.39 Å². The zero-order chi connectivity index (χ0) is 14.1. The molecule has 0 N–H and O–H groups in total. The van der Waals surface area contributed by atoms with E-state index in [1.165, 1.54) is 6.07 Å². The lowest BCUT2D eigenvalue weighted by molar-refractivity contribution is 0.464. The van der Waals surface area contributed by atoms with Crippen molar-refractivity contribution in [2.75, 3.05) is 0 Å².